The zero-order valence-electron chi connectivity index (χ0n) is 17.4. The van der Waals surface area contributed by atoms with Crippen LogP contribution >= 0.6 is 0 Å². The highest BCUT2D eigenvalue weighted by Gasteiger charge is 2.10. The average Bonchev–Trinajstić information content (AvgIpc) is 3.33. The van der Waals surface area contributed by atoms with Gasteiger partial charge < -0.3 is 9.73 Å². The number of para-hydroxylation sites is 1. The van der Waals surface area contributed by atoms with Gasteiger partial charge in [-0.1, -0.05) is 12.1 Å². The van der Waals surface area contributed by atoms with Crippen molar-refractivity contribution >= 4 is 16.8 Å². The monoisotopic (exact) mass is 439 g/mol. The maximum atomic E-state index is 13.1. The third kappa shape index (κ3) is 4.16. The minimum Gasteiger partial charge on any atom is -0.459 e. The van der Waals surface area contributed by atoms with Crippen LogP contribution in [0.3, 0.4) is 0 Å². The van der Waals surface area contributed by atoms with Gasteiger partial charge in [-0.25, -0.2) is 9.37 Å². The molecule has 0 aliphatic carbocycles. The fourth-order valence-electron chi connectivity index (χ4n) is 3.54. The lowest BCUT2D eigenvalue weighted by molar-refractivity contribution is 0.0948. The van der Waals surface area contributed by atoms with E-state index in [2.05, 4.69) is 10.3 Å². The minimum absolute atomic E-state index is 0.174. The first-order valence-corrected chi connectivity index (χ1v) is 10.3. The number of carbonyl (C=O) groups excluding carboxylic acids is 1. The zero-order valence-corrected chi connectivity index (χ0v) is 17.4. The predicted molar refractivity (Wildman–Crippen MR) is 123 cm³/mol. The van der Waals surface area contributed by atoms with Gasteiger partial charge in [0.15, 0.2) is 0 Å². The number of furan rings is 1. The van der Waals surface area contributed by atoms with Gasteiger partial charge in [-0.2, -0.15) is 0 Å². The van der Waals surface area contributed by atoms with Gasteiger partial charge in [0.1, 0.15) is 23.7 Å². The van der Waals surface area contributed by atoms with Crippen LogP contribution in [0.5, 0.6) is 0 Å². The van der Waals surface area contributed by atoms with Crippen molar-refractivity contribution in [1.29, 1.82) is 0 Å². The molecule has 0 unspecified atom stereocenters. The van der Waals surface area contributed by atoms with Gasteiger partial charge in [0, 0.05) is 11.1 Å². The number of carbonyl (C=O) groups is 1. The molecule has 1 amide bonds. The summed E-state index contributed by atoms with van der Waals surface area (Å²) in [5, 5.41) is 3.34. The van der Waals surface area contributed by atoms with E-state index < -0.39 is 0 Å². The summed E-state index contributed by atoms with van der Waals surface area (Å²) in [4.78, 5) is 29.6. The van der Waals surface area contributed by atoms with Crippen LogP contribution in [0.15, 0.2) is 100 Å². The molecule has 5 rings (SSSR count). The highest BCUT2D eigenvalue weighted by atomic mass is 19.1. The van der Waals surface area contributed by atoms with Crippen LogP contribution < -0.4 is 10.9 Å². The Morgan fingerprint density at radius 3 is 2.48 bits per heavy atom. The predicted octanol–water partition coefficient (Wildman–Crippen LogP) is 4.71. The van der Waals surface area contributed by atoms with Crippen molar-refractivity contribution in [3.63, 3.8) is 0 Å². The third-order valence-corrected chi connectivity index (χ3v) is 5.29. The summed E-state index contributed by atoms with van der Waals surface area (Å²) < 4.78 is 20.3. The van der Waals surface area contributed by atoms with Gasteiger partial charge in [0.2, 0.25) is 0 Å². The molecule has 3 aromatic carbocycles. The van der Waals surface area contributed by atoms with E-state index in [9.17, 15) is 14.0 Å². The summed E-state index contributed by atoms with van der Waals surface area (Å²) in [6.07, 6.45) is 1.48. The summed E-state index contributed by atoms with van der Waals surface area (Å²) in [5.41, 5.74) is 2.28. The Kier molecular flexibility index (Phi) is 5.28. The number of aromatic nitrogens is 2. The molecule has 0 atom stereocenters. The first-order valence-electron chi connectivity index (χ1n) is 10.3. The van der Waals surface area contributed by atoms with Crippen LogP contribution in [0, 0.1) is 5.82 Å². The number of amides is 1. The van der Waals surface area contributed by atoms with Crippen molar-refractivity contribution in [3.05, 3.63) is 119 Å². The highest BCUT2D eigenvalue weighted by molar-refractivity contribution is 5.94. The Labute approximate surface area is 187 Å². The Bertz CT molecular complexity index is 1500. The second kappa shape index (κ2) is 8.55. The van der Waals surface area contributed by atoms with Gasteiger partial charge in [-0.05, 0) is 72.8 Å². The fourth-order valence-corrected chi connectivity index (χ4v) is 3.54. The summed E-state index contributed by atoms with van der Waals surface area (Å²) in [6, 6.07) is 23.4. The van der Waals surface area contributed by atoms with Crippen molar-refractivity contribution in [1.82, 2.24) is 14.9 Å². The number of halogens is 1. The fraction of sp³-hybridized carbons (Fsp3) is 0.0385. The zero-order chi connectivity index (χ0) is 22.8. The Morgan fingerprint density at radius 1 is 0.939 bits per heavy atom. The Hall–Kier alpha value is -4.52. The van der Waals surface area contributed by atoms with Crippen molar-refractivity contribution < 1.29 is 13.6 Å². The summed E-state index contributed by atoms with van der Waals surface area (Å²) in [5.74, 6) is 0.585. The van der Waals surface area contributed by atoms with Crippen molar-refractivity contribution in [2.75, 3.05) is 0 Å². The van der Waals surface area contributed by atoms with Gasteiger partial charge in [-0.15, -0.1) is 0 Å². The van der Waals surface area contributed by atoms with E-state index in [0.29, 0.717) is 33.7 Å². The molecule has 1 N–H and O–H groups in total. The van der Waals surface area contributed by atoms with E-state index in [1.165, 1.54) is 23.0 Å². The van der Waals surface area contributed by atoms with Crippen LogP contribution in [0.25, 0.3) is 27.9 Å². The lowest BCUT2D eigenvalue weighted by atomic mass is 10.2. The molecule has 7 heteroatoms. The second-order valence-corrected chi connectivity index (χ2v) is 7.44. The molecule has 0 saturated carbocycles. The summed E-state index contributed by atoms with van der Waals surface area (Å²) in [6.45, 7) is 0.204. The van der Waals surface area contributed by atoms with Crippen LogP contribution in [-0.4, -0.2) is 15.5 Å². The van der Waals surface area contributed by atoms with Gasteiger partial charge in [-0.3, -0.25) is 14.2 Å². The molecule has 6 nitrogen and oxygen atoms in total. The number of rotatable bonds is 5. The molecule has 0 spiro atoms. The number of nitrogens with zero attached hydrogens (tertiary/aromatic N) is 2. The summed E-state index contributed by atoms with van der Waals surface area (Å²) in [7, 11) is 0. The van der Waals surface area contributed by atoms with Crippen molar-refractivity contribution in [2.24, 2.45) is 0 Å². The molecule has 2 aromatic heterocycles. The van der Waals surface area contributed by atoms with Crippen LogP contribution in [0.1, 0.15) is 16.1 Å². The van der Waals surface area contributed by atoms with E-state index >= 15 is 0 Å². The second-order valence-electron chi connectivity index (χ2n) is 7.44. The minimum atomic E-state index is -0.314. The van der Waals surface area contributed by atoms with Crippen molar-refractivity contribution in [2.45, 2.75) is 6.54 Å². The van der Waals surface area contributed by atoms with E-state index in [1.54, 1.807) is 66.7 Å². The summed E-state index contributed by atoms with van der Waals surface area (Å²) >= 11 is 0. The van der Waals surface area contributed by atoms with Crippen molar-refractivity contribution in [3.8, 4) is 17.0 Å². The Balaban J connectivity index is 1.27. The van der Waals surface area contributed by atoms with E-state index in [0.717, 1.165) is 5.56 Å². The number of nitrogens with one attached hydrogen (secondary N) is 1. The number of hydrogen-bond donors (Lipinski definition) is 1. The molecule has 0 saturated heterocycles. The molecule has 2 heterocycles. The molecule has 162 valence electrons. The molecular formula is C26H18FN3O3. The number of hydrogen-bond acceptors (Lipinski definition) is 4. The van der Waals surface area contributed by atoms with E-state index in [1.807, 2.05) is 6.07 Å². The SMILES string of the molecule is O=C(NCc1ccc(-c2ccc(F)cc2)o1)c1ccc(-n2cnc3ccccc3c2=O)cc1. The molecular weight excluding hydrogens is 421 g/mol. The molecule has 0 radical (unpaired) electrons. The highest BCUT2D eigenvalue weighted by Crippen LogP contribution is 2.22. The smallest absolute Gasteiger partial charge is 0.265 e. The third-order valence-electron chi connectivity index (χ3n) is 5.29. The Morgan fingerprint density at radius 2 is 1.70 bits per heavy atom. The van der Waals surface area contributed by atoms with E-state index in [-0.39, 0.29) is 23.8 Å². The molecule has 0 aliphatic heterocycles. The van der Waals surface area contributed by atoms with Crippen LogP contribution in [-0.2, 0) is 6.54 Å². The quantitative estimate of drug-likeness (QED) is 0.430. The molecule has 5 aromatic rings. The first-order chi connectivity index (χ1) is 16.1. The normalized spacial score (nSPS) is 10.9. The van der Waals surface area contributed by atoms with Gasteiger partial charge in [0.25, 0.3) is 11.5 Å². The van der Waals surface area contributed by atoms with Crippen LogP contribution in [0.4, 0.5) is 4.39 Å². The number of benzene rings is 3. The molecule has 0 aliphatic rings. The first kappa shape index (κ1) is 20.4. The van der Waals surface area contributed by atoms with E-state index in [4.69, 9.17) is 4.42 Å². The average molecular weight is 439 g/mol. The van der Waals surface area contributed by atoms with Crippen LogP contribution in [0.2, 0.25) is 0 Å². The van der Waals surface area contributed by atoms with Gasteiger partial charge in [0.05, 0.1) is 23.1 Å². The molecule has 0 bridgehead atoms. The molecule has 33 heavy (non-hydrogen) atoms. The maximum absolute atomic E-state index is 13.1. The number of fused-ring (bicyclic) bond motifs is 1. The molecule has 0 fully saturated rings. The lowest BCUT2D eigenvalue weighted by Crippen LogP contribution is -2.23. The largest absolute Gasteiger partial charge is 0.459 e. The topological polar surface area (TPSA) is 77.1 Å². The standard InChI is InChI=1S/C26H18FN3O3/c27-19-9-5-17(6-10-19)24-14-13-21(33-24)15-28-25(31)18-7-11-20(12-8-18)30-16-29-23-4-2-1-3-22(23)26(30)32/h1-14,16H,15H2,(H,28,31). The van der Waals surface area contributed by atoms with Gasteiger partial charge >= 0.3 is 0 Å². The maximum Gasteiger partial charge on any atom is 0.265 e. The lowest BCUT2D eigenvalue weighted by Gasteiger charge is -2.08.